The van der Waals surface area contributed by atoms with Crippen LogP contribution in [-0.4, -0.2) is 53.9 Å². The summed E-state index contributed by atoms with van der Waals surface area (Å²) in [5, 5.41) is 0.664. The number of carbonyl (C=O) groups is 1. The fourth-order valence-electron chi connectivity index (χ4n) is 3.50. The fourth-order valence-corrected chi connectivity index (χ4v) is 5.68. The van der Waals surface area contributed by atoms with Crippen LogP contribution in [0.3, 0.4) is 0 Å². The predicted octanol–water partition coefficient (Wildman–Crippen LogP) is 3.26. The van der Waals surface area contributed by atoms with E-state index in [1.54, 1.807) is 12.1 Å². The number of rotatable bonds is 7. The molecular formula is C19H27N3O3S2. The van der Waals surface area contributed by atoms with Crippen LogP contribution in [0.2, 0.25) is 0 Å². The van der Waals surface area contributed by atoms with Gasteiger partial charge in [0.2, 0.25) is 15.9 Å². The Hall–Kier alpha value is -1.38. The third kappa shape index (κ3) is 4.92. The molecule has 1 fully saturated rings. The molecule has 0 N–H and O–H groups in total. The van der Waals surface area contributed by atoms with Crippen molar-refractivity contribution in [1.29, 1.82) is 0 Å². The van der Waals surface area contributed by atoms with E-state index in [9.17, 15) is 13.2 Å². The minimum atomic E-state index is -3.44. The molecule has 1 aliphatic heterocycles. The Balaban J connectivity index is 1.59. The molecule has 1 saturated heterocycles. The number of pyridine rings is 1. The van der Waals surface area contributed by atoms with Crippen LogP contribution in [0.4, 0.5) is 0 Å². The Morgan fingerprint density at radius 2 is 2.00 bits per heavy atom. The third-order valence-corrected chi connectivity index (χ3v) is 7.80. The lowest BCUT2D eigenvalue weighted by Crippen LogP contribution is -2.32. The van der Waals surface area contributed by atoms with Gasteiger partial charge in [0.1, 0.15) is 4.90 Å². The van der Waals surface area contributed by atoms with Crippen LogP contribution in [0, 0.1) is 0 Å². The van der Waals surface area contributed by atoms with Gasteiger partial charge in [-0.1, -0.05) is 17.8 Å². The highest BCUT2D eigenvalue weighted by molar-refractivity contribution is 7.99. The topological polar surface area (TPSA) is 70.6 Å². The highest BCUT2D eigenvalue weighted by Crippen LogP contribution is 2.25. The first-order chi connectivity index (χ1) is 13.0. The number of amides is 1. The molecule has 0 aromatic carbocycles. The molecule has 8 heteroatoms. The van der Waals surface area contributed by atoms with E-state index in [-0.39, 0.29) is 10.8 Å². The van der Waals surface area contributed by atoms with Gasteiger partial charge in [-0.25, -0.2) is 13.4 Å². The van der Waals surface area contributed by atoms with Crippen LogP contribution in [0.25, 0.3) is 0 Å². The molecule has 0 spiro atoms. The molecule has 1 amide bonds. The molecule has 0 atom stereocenters. The van der Waals surface area contributed by atoms with Crippen molar-refractivity contribution in [3.63, 3.8) is 0 Å². The summed E-state index contributed by atoms with van der Waals surface area (Å²) in [5.74, 6) is 0.377. The van der Waals surface area contributed by atoms with Gasteiger partial charge in [-0.2, -0.15) is 4.31 Å². The van der Waals surface area contributed by atoms with Crippen molar-refractivity contribution in [3.8, 4) is 0 Å². The maximum Gasteiger partial charge on any atom is 0.244 e. The van der Waals surface area contributed by atoms with Crippen molar-refractivity contribution < 1.29 is 13.2 Å². The van der Waals surface area contributed by atoms with Gasteiger partial charge in [0.25, 0.3) is 0 Å². The SMILES string of the molecule is CCN(C(=O)CSc1ccc(S(=O)(=O)N2CCCC2)cn1)C1=CCCCC1. The Morgan fingerprint density at radius 3 is 2.59 bits per heavy atom. The maximum absolute atomic E-state index is 12.6. The highest BCUT2D eigenvalue weighted by atomic mass is 32.2. The average molecular weight is 410 g/mol. The second kappa shape index (κ2) is 9.21. The summed E-state index contributed by atoms with van der Waals surface area (Å²) in [5.41, 5.74) is 1.13. The molecule has 148 valence electrons. The Kier molecular flexibility index (Phi) is 6.94. The summed E-state index contributed by atoms with van der Waals surface area (Å²) in [7, 11) is -3.44. The Morgan fingerprint density at radius 1 is 1.22 bits per heavy atom. The van der Waals surface area contributed by atoms with Gasteiger partial charge in [0.05, 0.1) is 10.8 Å². The predicted molar refractivity (Wildman–Crippen MR) is 107 cm³/mol. The molecule has 3 rings (SSSR count). The summed E-state index contributed by atoms with van der Waals surface area (Å²) >= 11 is 1.35. The lowest BCUT2D eigenvalue weighted by atomic mass is 10.0. The number of nitrogens with zero attached hydrogens (tertiary/aromatic N) is 3. The van der Waals surface area contributed by atoms with E-state index >= 15 is 0 Å². The fraction of sp³-hybridized carbons (Fsp3) is 0.579. The molecule has 0 unspecified atom stereocenters. The van der Waals surface area contributed by atoms with Crippen LogP contribution in [-0.2, 0) is 14.8 Å². The third-order valence-electron chi connectivity index (χ3n) is 4.99. The zero-order chi connectivity index (χ0) is 19.3. The van der Waals surface area contributed by atoms with Crippen molar-refractivity contribution in [2.45, 2.75) is 55.4 Å². The molecule has 0 radical (unpaired) electrons. The number of sulfonamides is 1. The van der Waals surface area contributed by atoms with Gasteiger partial charge in [-0.3, -0.25) is 4.79 Å². The largest absolute Gasteiger partial charge is 0.316 e. The smallest absolute Gasteiger partial charge is 0.244 e. The normalized spacial score (nSPS) is 18.3. The van der Waals surface area contributed by atoms with Crippen molar-refractivity contribution >= 4 is 27.7 Å². The molecule has 2 aliphatic rings. The molecule has 1 aromatic heterocycles. The van der Waals surface area contributed by atoms with Crippen LogP contribution in [0.15, 0.2) is 40.0 Å². The van der Waals surface area contributed by atoms with E-state index in [4.69, 9.17) is 0 Å². The van der Waals surface area contributed by atoms with Crippen LogP contribution >= 0.6 is 11.8 Å². The number of carbonyl (C=O) groups excluding carboxylic acids is 1. The van der Waals surface area contributed by atoms with Crippen molar-refractivity contribution in [2.24, 2.45) is 0 Å². The minimum Gasteiger partial charge on any atom is -0.316 e. The molecule has 27 heavy (non-hydrogen) atoms. The highest BCUT2D eigenvalue weighted by Gasteiger charge is 2.27. The van der Waals surface area contributed by atoms with Crippen LogP contribution < -0.4 is 0 Å². The molecule has 0 bridgehead atoms. The first-order valence-electron chi connectivity index (χ1n) is 9.61. The Labute approximate surface area is 166 Å². The molecule has 1 aromatic rings. The number of aromatic nitrogens is 1. The van der Waals surface area contributed by atoms with E-state index in [0.29, 0.717) is 30.4 Å². The summed E-state index contributed by atoms with van der Waals surface area (Å²) < 4.78 is 26.6. The molecular weight excluding hydrogens is 382 g/mol. The molecule has 2 heterocycles. The molecule has 6 nitrogen and oxygen atoms in total. The lowest BCUT2D eigenvalue weighted by molar-refractivity contribution is -0.126. The van der Waals surface area contributed by atoms with Gasteiger partial charge < -0.3 is 4.90 Å². The van der Waals surface area contributed by atoms with E-state index in [2.05, 4.69) is 11.1 Å². The monoisotopic (exact) mass is 409 g/mol. The van der Waals surface area contributed by atoms with E-state index in [1.807, 2.05) is 11.8 Å². The first kappa shape index (κ1) is 20.4. The van der Waals surface area contributed by atoms with Crippen molar-refractivity contribution in [1.82, 2.24) is 14.2 Å². The number of hydrogen-bond acceptors (Lipinski definition) is 5. The molecule has 0 saturated carbocycles. The van der Waals surface area contributed by atoms with Gasteiger partial charge >= 0.3 is 0 Å². The van der Waals surface area contributed by atoms with Gasteiger partial charge in [0.15, 0.2) is 0 Å². The van der Waals surface area contributed by atoms with Crippen LogP contribution in [0.1, 0.15) is 45.4 Å². The summed E-state index contributed by atoms with van der Waals surface area (Å²) in [6, 6.07) is 3.28. The van der Waals surface area contributed by atoms with Crippen molar-refractivity contribution in [3.05, 3.63) is 30.1 Å². The number of thioether (sulfide) groups is 1. The standard InChI is InChI=1S/C19H27N3O3S2/c1-2-22(16-8-4-3-5-9-16)19(23)15-26-18-11-10-17(14-20-18)27(24,25)21-12-6-7-13-21/h8,10-11,14H,2-7,9,12-13,15H2,1H3. The van der Waals surface area contributed by atoms with E-state index < -0.39 is 10.0 Å². The average Bonchev–Trinajstić information content (AvgIpc) is 3.24. The number of allylic oxidation sites excluding steroid dienone is 2. The van der Waals surface area contributed by atoms with Crippen LogP contribution in [0.5, 0.6) is 0 Å². The summed E-state index contributed by atoms with van der Waals surface area (Å²) in [6.07, 6.45) is 9.73. The summed E-state index contributed by atoms with van der Waals surface area (Å²) in [4.78, 5) is 18.9. The van der Waals surface area contributed by atoms with Crippen molar-refractivity contribution in [2.75, 3.05) is 25.4 Å². The van der Waals surface area contributed by atoms with Gasteiger partial charge in [-0.05, 0) is 57.6 Å². The molecule has 1 aliphatic carbocycles. The zero-order valence-corrected chi connectivity index (χ0v) is 17.4. The zero-order valence-electron chi connectivity index (χ0n) is 15.8. The quantitative estimate of drug-likeness (QED) is 0.647. The van der Waals surface area contributed by atoms with E-state index in [1.165, 1.54) is 28.7 Å². The van der Waals surface area contributed by atoms with Gasteiger partial charge in [-0.15, -0.1) is 0 Å². The van der Waals surface area contributed by atoms with E-state index in [0.717, 1.165) is 37.8 Å². The minimum absolute atomic E-state index is 0.0752. The van der Waals surface area contributed by atoms with Gasteiger partial charge in [0, 0.05) is 31.5 Å². The first-order valence-corrected chi connectivity index (χ1v) is 12.0. The Bertz CT molecular complexity index is 785. The second-order valence-electron chi connectivity index (χ2n) is 6.81. The summed E-state index contributed by atoms with van der Waals surface area (Å²) in [6.45, 7) is 3.83. The lowest BCUT2D eigenvalue weighted by Gasteiger charge is -2.26. The maximum atomic E-state index is 12.6. The second-order valence-corrected chi connectivity index (χ2v) is 9.74. The number of hydrogen-bond donors (Lipinski definition) is 0.